The van der Waals surface area contributed by atoms with Gasteiger partial charge in [-0.15, -0.1) is 0 Å². The molecule has 0 bridgehead atoms. The number of aliphatic hydroxyl groups excluding tert-OH is 4. The molecule has 0 saturated carbocycles. The summed E-state index contributed by atoms with van der Waals surface area (Å²) in [6, 6.07) is 9.61. The lowest BCUT2D eigenvalue weighted by atomic mass is 9.85. The number of fused-ring (bicyclic) bond motifs is 1. The average Bonchev–Trinajstić information content (AvgIpc) is 2.81. The average molecular weight is 465 g/mol. The van der Waals surface area contributed by atoms with Crippen LogP contribution in [0.3, 0.4) is 0 Å². The van der Waals surface area contributed by atoms with Crippen molar-refractivity contribution < 1.29 is 34.6 Å². The summed E-state index contributed by atoms with van der Waals surface area (Å²) in [5, 5.41) is 41.3. The molecule has 4 N–H and O–H groups in total. The van der Waals surface area contributed by atoms with Crippen molar-refractivity contribution in [2.75, 3.05) is 19.8 Å². The molecule has 0 aliphatic carbocycles. The molecule has 2 aromatic rings. The van der Waals surface area contributed by atoms with Crippen LogP contribution in [0.25, 0.3) is 0 Å². The number of hydrogen-bond acceptors (Lipinski definition) is 7. The van der Waals surface area contributed by atoms with E-state index in [9.17, 15) is 20.4 Å². The summed E-state index contributed by atoms with van der Waals surface area (Å²) in [5.74, 6) is 1.35. The van der Waals surface area contributed by atoms with E-state index in [0.717, 1.165) is 28.9 Å². The molecule has 0 spiro atoms. The van der Waals surface area contributed by atoms with Crippen LogP contribution in [0.4, 0.5) is 0 Å². The molecular formula is C24H29ClO7. The van der Waals surface area contributed by atoms with E-state index in [0.29, 0.717) is 42.4 Å². The Bertz CT molecular complexity index is 931. The van der Waals surface area contributed by atoms with Gasteiger partial charge in [-0.2, -0.15) is 0 Å². The summed E-state index contributed by atoms with van der Waals surface area (Å²) in [7, 11) is 0. The molecule has 2 aliphatic heterocycles. The van der Waals surface area contributed by atoms with Crippen molar-refractivity contribution in [2.24, 2.45) is 0 Å². The molecule has 1 fully saturated rings. The van der Waals surface area contributed by atoms with Gasteiger partial charge in [0.25, 0.3) is 0 Å². The Morgan fingerprint density at radius 2 is 1.84 bits per heavy atom. The zero-order valence-corrected chi connectivity index (χ0v) is 18.7. The summed E-state index contributed by atoms with van der Waals surface area (Å²) in [6.45, 7) is 2.58. The third-order valence-corrected chi connectivity index (χ3v) is 6.49. The van der Waals surface area contributed by atoms with E-state index in [2.05, 4.69) is 0 Å². The Labute approximate surface area is 192 Å². The van der Waals surface area contributed by atoms with Crippen molar-refractivity contribution >= 4 is 11.6 Å². The Hall–Kier alpha value is -1.87. The summed E-state index contributed by atoms with van der Waals surface area (Å²) in [6.07, 6.45) is -4.15. The molecule has 8 heteroatoms. The number of hydrogen-bond donors (Lipinski definition) is 4. The second-order valence-electron chi connectivity index (χ2n) is 8.20. The molecule has 174 valence electrons. The highest BCUT2D eigenvalue weighted by molar-refractivity contribution is 6.33. The highest BCUT2D eigenvalue weighted by Gasteiger charge is 2.45. The molecule has 2 aliphatic rings. The quantitative estimate of drug-likeness (QED) is 0.518. The maximum Gasteiger partial charge on any atom is 0.141 e. The van der Waals surface area contributed by atoms with Crippen LogP contribution in [-0.4, -0.2) is 64.7 Å². The molecule has 32 heavy (non-hydrogen) atoms. The molecular weight excluding hydrogens is 436 g/mol. The fourth-order valence-corrected chi connectivity index (χ4v) is 4.70. The number of rotatable bonds is 6. The summed E-state index contributed by atoms with van der Waals surface area (Å²) in [4.78, 5) is 0. The lowest BCUT2D eigenvalue weighted by Crippen LogP contribution is -2.55. The standard InChI is InChI=1S/C24H29ClO7/c1-2-30-15-7-5-13(6-8-15)10-14-11-17(16-4-3-9-31-23(16)19(14)25)24-22(29)21(28)20(27)18(12-26)32-24/h5-8,11,18,20-22,24,26-29H,2-4,9-10,12H2,1H3/t18-,20-,21+,22-,24+/m1/s1. The first-order valence-corrected chi connectivity index (χ1v) is 11.3. The van der Waals surface area contributed by atoms with Gasteiger partial charge >= 0.3 is 0 Å². The molecule has 7 nitrogen and oxygen atoms in total. The SMILES string of the molecule is CCOc1ccc(Cc2cc([C@@H]3O[C@H](CO)[C@@H](O)[C@H](O)[C@H]3O)c3c(c2Cl)OCCC3)cc1. The van der Waals surface area contributed by atoms with Crippen molar-refractivity contribution in [3.63, 3.8) is 0 Å². The van der Waals surface area contributed by atoms with Crippen LogP contribution >= 0.6 is 11.6 Å². The van der Waals surface area contributed by atoms with Gasteiger partial charge in [-0.05, 0) is 55.0 Å². The zero-order valence-electron chi connectivity index (χ0n) is 17.9. The molecule has 5 atom stereocenters. The van der Waals surface area contributed by atoms with Crippen LogP contribution in [0.15, 0.2) is 30.3 Å². The fourth-order valence-electron chi connectivity index (χ4n) is 4.41. The molecule has 0 unspecified atom stereocenters. The molecule has 2 aromatic carbocycles. The van der Waals surface area contributed by atoms with E-state index in [1.54, 1.807) is 0 Å². The van der Waals surface area contributed by atoms with Crippen LogP contribution in [0.2, 0.25) is 5.02 Å². The van der Waals surface area contributed by atoms with E-state index >= 15 is 0 Å². The van der Waals surface area contributed by atoms with Crippen LogP contribution in [0.5, 0.6) is 11.5 Å². The number of halogens is 1. The van der Waals surface area contributed by atoms with E-state index < -0.39 is 37.1 Å². The Kier molecular flexibility index (Phi) is 7.24. The predicted molar refractivity (Wildman–Crippen MR) is 118 cm³/mol. The van der Waals surface area contributed by atoms with Crippen molar-refractivity contribution in [1.29, 1.82) is 0 Å². The molecule has 0 amide bonds. The highest BCUT2D eigenvalue weighted by Crippen LogP contribution is 2.44. The minimum atomic E-state index is -1.45. The Morgan fingerprint density at radius 1 is 1.09 bits per heavy atom. The lowest BCUT2D eigenvalue weighted by Gasteiger charge is -2.41. The van der Waals surface area contributed by atoms with Crippen molar-refractivity contribution in [3.8, 4) is 11.5 Å². The second-order valence-corrected chi connectivity index (χ2v) is 8.58. The van der Waals surface area contributed by atoms with Crippen molar-refractivity contribution in [1.82, 2.24) is 0 Å². The maximum absolute atomic E-state index is 10.7. The summed E-state index contributed by atoms with van der Waals surface area (Å²) < 4.78 is 17.3. The van der Waals surface area contributed by atoms with Gasteiger partial charge in [0.15, 0.2) is 0 Å². The predicted octanol–water partition coefficient (Wildman–Crippen LogP) is 2.17. The Morgan fingerprint density at radius 3 is 2.53 bits per heavy atom. The van der Waals surface area contributed by atoms with Gasteiger partial charge in [0.1, 0.15) is 42.0 Å². The van der Waals surface area contributed by atoms with Gasteiger partial charge in [0, 0.05) is 5.56 Å². The maximum atomic E-state index is 10.7. The van der Waals surface area contributed by atoms with E-state index in [-0.39, 0.29) is 0 Å². The monoisotopic (exact) mass is 464 g/mol. The number of benzene rings is 2. The van der Waals surface area contributed by atoms with Gasteiger partial charge in [0.05, 0.1) is 24.8 Å². The summed E-state index contributed by atoms with van der Waals surface area (Å²) in [5.41, 5.74) is 3.29. The Balaban J connectivity index is 1.72. The first-order valence-electron chi connectivity index (χ1n) is 10.9. The normalized spacial score (nSPS) is 27.5. The molecule has 0 radical (unpaired) electrons. The van der Waals surface area contributed by atoms with E-state index in [1.165, 1.54) is 0 Å². The first-order chi connectivity index (χ1) is 15.4. The van der Waals surface area contributed by atoms with Crippen molar-refractivity contribution in [3.05, 3.63) is 57.6 Å². The van der Waals surface area contributed by atoms with Crippen LogP contribution in [0.1, 0.15) is 41.7 Å². The topological polar surface area (TPSA) is 109 Å². The van der Waals surface area contributed by atoms with Crippen LogP contribution in [0, 0.1) is 0 Å². The van der Waals surface area contributed by atoms with Gasteiger partial charge in [-0.25, -0.2) is 0 Å². The molecule has 2 heterocycles. The lowest BCUT2D eigenvalue weighted by molar-refractivity contribution is -0.232. The summed E-state index contributed by atoms with van der Waals surface area (Å²) >= 11 is 6.73. The molecule has 4 rings (SSSR count). The largest absolute Gasteiger partial charge is 0.494 e. The van der Waals surface area contributed by atoms with Crippen molar-refractivity contribution in [2.45, 2.75) is 56.7 Å². The minimum absolute atomic E-state index is 0.479. The van der Waals surface area contributed by atoms with Crippen LogP contribution < -0.4 is 9.47 Å². The molecule has 1 saturated heterocycles. The van der Waals surface area contributed by atoms with Gasteiger partial charge in [-0.3, -0.25) is 0 Å². The third kappa shape index (κ3) is 4.46. The van der Waals surface area contributed by atoms with Crippen LogP contribution in [-0.2, 0) is 17.6 Å². The number of ether oxygens (including phenoxy) is 3. The third-order valence-electron chi connectivity index (χ3n) is 6.08. The number of aliphatic hydroxyl groups is 4. The molecule has 0 aromatic heterocycles. The minimum Gasteiger partial charge on any atom is -0.494 e. The van der Waals surface area contributed by atoms with E-state index in [1.807, 2.05) is 37.3 Å². The van der Waals surface area contributed by atoms with Gasteiger partial charge < -0.3 is 34.6 Å². The fraction of sp³-hybridized carbons (Fsp3) is 0.500. The van der Waals surface area contributed by atoms with E-state index in [4.69, 9.17) is 25.8 Å². The second kappa shape index (κ2) is 9.95. The highest BCUT2D eigenvalue weighted by atomic mass is 35.5. The van der Waals surface area contributed by atoms with Gasteiger partial charge in [0.2, 0.25) is 0 Å². The smallest absolute Gasteiger partial charge is 0.141 e. The van der Waals surface area contributed by atoms with Gasteiger partial charge in [-0.1, -0.05) is 29.8 Å². The zero-order chi connectivity index (χ0) is 22.8. The first kappa shape index (κ1) is 23.3.